The molecule has 0 bridgehead atoms. The molecular formula is C55H86O5. The van der Waals surface area contributed by atoms with Crippen molar-refractivity contribution in [3.63, 3.8) is 0 Å². The summed E-state index contributed by atoms with van der Waals surface area (Å²) in [6, 6.07) is 0. The molecule has 9 aliphatic rings. The molecule has 0 amide bonds. The summed E-state index contributed by atoms with van der Waals surface area (Å²) < 4.78 is 0. The zero-order valence-corrected chi connectivity index (χ0v) is 35.5. The highest BCUT2D eigenvalue weighted by atomic mass is 16.2. The fourth-order valence-electron chi connectivity index (χ4n) is 13.3. The van der Waals surface area contributed by atoms with Crippen LogP contribution in [0.25, 0.3) is 0 Å². The molecule has 9 aliphatic carbocycles. The average molecular weight is 827 g/mol. The smallest absolute Gasteiger partial charge is 0.160 e. The van der Waals surface area contributed by atoms with Crippen LogP contribution in [0, 0.1) is 82.9 Å². The Bertz CT molecular complexity index is 1670. The van der Waals surface area contributed by atoms with Crippen molar-refractivity contribution >= 4 is 23.1 Å². The van der Waals surface area contributed by atoms with Gasteiger partial charge in [0.1, 0.15) is 11.6 Å². The average Bonchev–Trinajstić information content (AvgIpc) is 3.13. The SMILES string of the molecule is C.C.C.C.C=C1CCC[C@@H]2C(C)=C[C@H]3C[C@@H](C)CC(=C)[C@@H]3[C@@H]12.CC1=CC(=O)[C@@H]2[C@H]3C(=O)C=CC[C@@H]3C(C)=C[C@H]2C1.CC1=C[C@H]2C[C@@H](C)CC(=O)[C@@H]2[C@H]2C(=O)CCC[C@H]12.CO. The summed E-state index contributed by atoms with van der Waals surface area (Å²) in [5.74, 6) is 6.28. The Kier molecular flexibility index (Phi) is 19.6. The summed E-state index contributed by atoms with van der Waals surface area (Å²) in [7, 11) is 1.00. The molecule has 5 heteroatoms. The van der Waals surface area contributed by atoms with Crippen molar-refractivity contribution in [1.82, 2.24) is 0 Å². The molecule has 1 N–H and O–H groups in total. The van der Waals surface area contributed by atoms with Gasteiger partial charge in [-0.3, -0.25) is 19.2 Å². The predicted molar refractivity (Wildman–Crippen MR) is 253 cm³/mol. The molecule has 0 spiro atoms. The molecule has 0 aromatic heterocycles. The molecule has 336 valence electrons. The van der Waals surface area contributed by atoms with Gasteiger partial charge < -0.3 is 5.11 Å². The minimum absolute atomic E-state index is 0. The maximum absolute atomic E-state index is 12.4. The number of hydrogen-bond acceptors (Lipinski definition) is 5. The van der Waals surface area contributed by atoms with Gasteiger partial charge in [0, 0.05) is 43.6 Å². The van der Waals surface area contributed by atoms with Crippen molar-refractivity contribution < 1.29 is 24.3 Å². The Hall–Kier alpha value is -3.18. The molecule has 0 aromatic rings. The maximum Gasteiger partial charge on any atom is 0.160 e. The maximum atomic E-state index is 12.4. The van der Waals surface area contributed by atoms with Gasteiger partial charge in [0.2, 0.25) is 0 Å². The highest BCUT2D eigenvalue weighted by Crippen LogP contribution is 2.55. The Morgan fingerprint density at radius 1 is 0.550 bits per heavy atom. The Morgan fingerprint density at radius 3 is 1.72 bits per heavy atom. The van der Waals surface area contributed by atoms with Gasteiger partial charge in [-0.15, -0.1) is 0 Å². The van der Waals surface area contributed by atoms with E-state index in [1.165, 1.54) is 54.4 Å². The molecule has 60 heavy (non-hydrogen) atoms. The normalized spacial score (nSPS) is 38.2. The van der Waals surface area contributed by atoms with Gasteiger partial charge in [0.25, 0.3) is 0 Å². The summed E-state index contributed by atoms with van der Waals surface area (Å²) in [5, 5.41) is 7.00. The van der Waals surface area contributed by atoms with Crippen LogP contribution in [0.1, 0.15) is 148 Å². The van der Waals surface area contributed by atoms with E-state index in [2.05, 4.69) is 66.0 Å². The number of ketones is 4. The van der Waals surface area contributed by atoms with Crippen LogP contribution in [0.3, 0.4) is 0 Å². The summed E-state index contributed by atoms with van der Waals surface area (Å²) >= 11 is 0. The van der Waals surface area contributed by atoms with Crippen molar-refractivity contribution in [2.45, 2.75) is 148 Å². The number of rotatable bonds is 0. The lowest BCUT2D eigenvalue weighted by Gasteiger charge is -2.49. The lowest BCUT2D eigenvalue weighted by molar-refractivity contribution is -0.140. The zero-order valence-electron chi connectivity index (χ0n) is 35.5. The van der Waals surface area contributed by atoms with Gasteiger partial charge >= 0.3 is 0 Å². The first-order valence-corrected chi connectivity index (χ1v) is 22.0. The molecule has 0 saturated heterocycles. The molecule has 0 heterocycles. The van der Waals surface area contributed by atoms with E-state index < -0.39 is 0 Å². The van der Waals surface area contributed by atoms with Crippen LogP contribution >= 0.6 is 0 Å². The van der Waals surface area contributed by atoms with Gasteiger partial charge in [0.05, 0.1) is 0 Å². The summed E-state index contributed by atoms with van der Waals surface area (Å²) in [6.07, 6.45) is 25.5. The Balaban J connectivity index is 0.000000294. The molecule has 0 radical (unpaired) electrons. The first-order chi connectivity index (χ1) is 26.7. The fourth-order valence-corrected chi connectivity index (χ4v) is 13.3. The molecule has 0 aromatic carbocycles. The van der Waals surface area contributed by atoms with Crippen molar-refractivity contribution in [1.29, 1.82) is 0 Å². The number of fused-ring (bicyclic) bond motifs is 9. The second kappa shape index (κ2) is 22.3. The van der Waals surface area contributed by atoms with E-state index in [0.717, 1.165) is 62.5 Å². The van der Waals surface area contributed by atoms with Crippen LogP contribution in [0.2, 0.25) is 0 Å². The molecule has 14 atom stereocenters. The van der Waals surface area contributed by atoms with Crippen LogP contribution in [-0.4, -0.2) is 35.3 Å². The largest absolute Gasteiger partial charge is 0.400 e. The third-order valence-electron chi connectivity index (χ3n) is 15.5. The third-order valence-corrected chi connectivity index (χ3v) is 15.5. The van der Waals surface area contributed by atoms with E-state index in [4.69, 9.17) is 5.11 Å². The van der Waals surface area contributed by atoms with E-state index >= 15 is 0 Å². The van der Waals surface area contributed by atoms with E-state index in [0.29, 0.717) is 54.0 Å². The number of carbonyl (C=O) groups excluding carboxylic acids is 4. The van der Waals surface area contributed by atoms with Crippen LogP contribution in [-0.2, 0) is 19.2 Å². The van der Waals surface area contributed by atoms with Crippen LogP contribution in [0.4, 0.5) is 0 Å². The minimum Gasteiger partial charge on any atom is -0.400 e. The number of hydrogen-bond donors (Lipinski definition) is 1. The Labute approximate surface area is 367 Å². The van der Waals surface area contributed by atoms with Crippen LogP contribution in [0.5, 0.6) is 0 Å². The minimum atomic E-state index is -0.111. The zero-order chi connectivity index (χ0) is 40.6. The van der Waals surface area contributed by atoms with Crippen molar-refractivity contribution in [3.05, 3.63) is 83.1 Å². The number of aliphatic hydroxyl groups is 1. The first-order valence-electron chi connectivity index (χ1n) is 22.0. The number of carbonyl (C=O) groups is 4. The predicted octanol–water partition coefficient (Wildman–Crippen LogP) is 13.3. The molecule has 0 aliphatic heterocycles. The van der Waals surface area contributed by atoms with Crippen molar-refractivity contribution in [3.8, 4) is 0 Å². The molecular weight excluding hydrogens is 741 g/mol. The molecule has 0 unspecified atom stereocenters. The molecule has 4 saturated carbocycles. The second-order valence-corrected chi connectivity index (χ2v) is 19.5. The topological polar surface area (TPSA) is 88.5 Å². The summed E-state index contributed by atoms with van der Waals surface area (Å²) in [4.78, 5) is 49.1. The molecule has 4 fully saturated rings. The van der Waals surface area contributed by atoms with Gasteiger partial charge in [-0.2, -0.15) is 0 Å². The van der Waals surface area contributed by atoms with Crippen LogP contribution in [0.15, 0.2) is 83.1 Å². The third kappa shape index (κ3) is 10.5. The number of allylic oxidation sites excluding steroid dienone is 12. The van der Waals surface area contributed by atoms with Gasteiger partial charge in [-0.05, 0) is 163 Å². The van der Waals surface area contributed by atoms with Gasteiger partial charge in [0.15, 0.2) is 11.6 Å². The van der Waals surface area contributed by atoms with E-state index in [9.17, 15) is 19.2 Å². The Morgan fingerprint density at radius 2 is 1.08 bits per heavy atom. The lowest BCUT2D eigenvalue weighted by Crippen LogP contribution is -2.47. The molecule has 9 rings (SSSR count). The van der Waals surface area contributed by atoms with Gasteiger partial charge in [-0.25, -0.2) is 0 Å². The van der Waals surface area contributed by atoms with E-state index in [1.54, 1.807) is 17.7 Å². The monoisotopic (exact) mass is 827 g/mol. The van der Waals surface area contributed by atoms with E-state index in [1.807, 2.05) is 13.0 Å². The molecule has 5 nitrogen and oxygen atoms in total. The fraction of sp³-hybridized carbons (Fsp3) is 0.673. The first kappa shape index (κ1) is 53.0. The van der Waals surface area contributed by atoms with Crippen molar-refractivity contribution in [2.24, 2.45) is 82.9 Å². The summed E-state index contributed by atoms with van der Waals surface area (Å²) in [5.41, 5.74) is 8.48. The van der Waals surface area contributed by atoms with Crippen molar-refractivity contribution in [2.75, 3.05) is 7.11 Å². The number of aliphatic hydroxyl groups excluding tert-OH is 1. The highest BCUT2D eigenvalue weighted by molar-refractivity contribution is 6.01. The second-order valence-electron chi connectivity index (χ2n) is 19.5. The lowest BCUT2D eigenvalue weighted by atomic mass is 9.55. The van der Waals surface area contributed by atoms with Gasteiger partial charge in [-0.1, -0.05) is 114 Å². The summed E-state index contributed by atoms with van der Waals surface area (Å²) in [6.45, 7) is 22.0. The van der Waals surface area contributed by atoms with Crippen LogP contribution < -0.4 is 0 Å². The number of Topliss-reactive ketones (excluding diaryl/α,β-unsaturated/α-hetero) is 2. The van der Waals surface area contributed by atoms with E-state index in [-0.39, 0.29) is 76.8 Å². The standard InChI is InChI=1S/C18H26.C16H22O2.C16H18O2.CH4O.4CH4/c1-11-8-14(4)17-15(9-11)10-13(3)16-7-5-6-12(2)18(16)17;2*1-9-6-11-8-10(2)12-4-3-5-13(17)16(12)15(11)14(18)7-9;1-2;;;;/h10-11,15-18H,2,4-9H2,1,3H3;8-9,11-12,15-16H,3-7H2,1-2H3;3,5,7-8,11-12,15-16H,4,6H2,1-2H3;2H,1H3;4*1H4/t11-,15+,16+,17-,18-;9-,11-,12-,15-,16-;11-,12-,15-,16-;;;;;/m011...../s1. The highest BCUT2D eigenvalue weighted by Gasteiger charge is 2.50. The quantitative estimate of drug-likeness (QED) is 0.246.